The molecule has 0 spiro atoms. The van der Waals surface area contributed by atoms with Gasteiger partial charge < -0.3 is 10.8 Å². The highest BCUT2D eigenvalue weighted by Gasteiger charge is 2.53. The van der Waals surface area contributed by atoms with Gasteiger partial charge in [0.05, 0.1) is 6.61 Å². The van der Waals surface area contributed by atoms with Crippen LogP contribution in [0.1, 0.15) is 22.8 Å². The van der Waals surface area contributed by atoms with Crippen molar-refractivity contribution in [2.45, 2.75) is 19.3 Å². The molecule has 0 aromatic carbocycles. The zero-order valence-corrected chi connectivity index (χ0v) is 8.60. The van der Waals surface area contributed by atoms with Crippen molar-refractivity contribution in [1.29, 1.82) is 0 Å². The fourth-order valence-electron chi connectivity index (χ4n) is 1.93. The van der Waals surface area contributed by atoms with Gasteiger partial charge in [0.2, 0.25) is 0 Å². The van der Waals surface area contributed by atoms with Crippen LogP contribution in [0.2, 0.25) is 0 Å². The van der Waals surface area contributed by atoms with E-state index in [9.17, 15) is 5.11 Å². The van der Waals surface area contributed by atoms with Gasteiger partial charge in [-0.1, -0.05) is 0 Å². The first-order chi connectivity index (χ1) is 6.22. The summed E-state index contributed by atoms with van der Waals surface area (Å²) in [6.07, 6.45) is 1.05. The summed E-state index contributed by atoms with van der Waals surface area (Å²) in [5, 5.41) is 11.4. The maximum atomic E-state index is 9.22. The van der Waals surface area contributed by atoms with Crippen LogP contribution >= 0.6 is 11.3 Å². The molecule has 72 valence electrons. The van der Waals surface area contributed by atoms with E-state index in [1.807, 2.05) is 0 Å². The summed E-state index contributed by atoms with van der Waals surface area (Å²) in [7, 11) is 0. The van der Waals surface area contributed by atoms with E-state index in [0.29, 0.717) is 12.5 Å². The van der Waals surface area contributed by atoms with Crippen LogP contribution in [0.25, 0.3) is 0 Å². The summed E-state index contributed by atoms with van der Waals surface area (Å²) in [5.41, 5.74) is 7.03. The number of thiophene rings is 1. The molecule has 1 fully saturated rings. The van der Waals surface area contributed by atoms with E-state index in [1.165, 1.54) is 10.4 Å². The molecular formula is C10H15NOS. The van der Waals surface area contributed by atoms with Gasteiger partial charge in [-0.05, 0) is 36.3 Å². The predicted molar refractivity (Wildman–Crippen MR) is 55.0 cm³/mol. The first kappa shape index (κ1) is 9.19. The largest absolute Gasteiger partial charge is 0.396 e. The second-order valence-electron chi connectivity index (χ2n) is 3.97. The number of hydrogen-bond donors (Lipinski definition) is 2. The molecule has 0 aliphatic heterocycles. The lowest BCUT2D eigenvalue weighted by Crippen LogP contribution is -2.21. The lowest BCUT2D eigenvalue weighted by molar-refractivity contribution is 0.212. The molecule has 1 aromatic heterocycles. The quantitative estimate of drug-likeness (QED) is 0.771. The second kappa shape index (κ2) is 3.08. The first-order valence-electron chi connectivity index (χ1n) is 4.58. The van der Waals surface area contributed by atoms with E-state index in [2.05, 4.69) is 18.4 Å². The Kier molecular flexibility index (Phi) is 2.18. The zero-order chi connectivity index (χ0) is 9.47. The Bertz CT molecular complexity index is 304. The van der Waals surface area contributed by atoms with Gasteiger partial charge in [-0.25, -0.2) is 0 Å². The van der Waals surface area contributed by atoms with Gasteiger partial charge in [0.25, 0.3) is 0 Å². The fraction of sp³-hybridized carbons (Fsp3) is 0.600. The van der Waals surface area contributed by atoms with Crippen molar-refractivity contribution in [3.05, 3.63) is 21.9 Å². The molecule has 3 N–H and O–H groups in total. The Balaban J connectivity index is 2.14. The smallest absolute Gasteiger partial charge is 0.0505 e. The summed E-state index contributed by atoms with van der Waals surface area (Å²) >= 11 is 1.77. The summed E-state index contributed by atoms with van der Waals surface area (Å²) < 4.78 is 0. The monoisotopic (exact) mass is 197 g/mol. The lowest BCUT2D eigenvalue weighted by atomic mass is 10.0. The number of nitrogens with two attached hydrogens (primary N) is 1. The van der Waals surface area contributed by atoms with Crippen LogP contribution < -0.4 is 5.73 Å². The Morgan fingerprint density at radius 2 is 2.54 bits per heavy atom. The third kappa shape index (κ3) is 1.41. The maximum absolute atomic E-state index is 9.22. The molecule has 1 saturated carbocycles. The molecule has 1 heterocycles. The topological polar surface area (TPSA) is 46.2 Å². The second-order valence-corrected chi connectivity index (χ2v) is 5.09. The van der Waals surface area contributed by atoms with Crippen molar-refractivity contribution in [3.8, 4) is 0 Å². The molecule has 1 aromatic rings. The first-order valence-corrected chi connectivity index (χ1v) is 5.46. The van der Waals surface area contributed by atoms with Crippen molar-refractivity contribution in [2.24, 2.45) is 11.1 Å². The average Bonchev–Trinajstić information content (AvgIpc) is 2.74. The molecular weight excluding hydrogens is 182 g/mol. The molecule has 3 heteroatoms. The lowest BCUT2D eigenvalue weighted by Gasteiger charge is -2.09. The fourth-order valence-corrected chi connectivity index (χ4v) is 2.69. The van der Waals surface area contributed by atoms with Crippen LogP contribution in [0, 0.1) is 12.3 Å². The summed E-state index contributed by atoms with van der Waals surface area (Å²) in [6.45, 7) is 2.94. The molecule has 2 atom stereocenters. The highest BCUT2D eigenvalue weighted by Crippen LogP contribution is 2.58. The molecule has 1 aliphatic carbocycles. The Hall–Kier alpha value is -0.380. The molecule has 0 radical (unpaired) electrons. The minimum Gasteiger partial charge on any atom is -0.396 e. The van der Waals surface area contributed by atoms with Crippen molar-refractivity contribution in [3.63, 3.8) is 0 Å². The molecule has 13 heavy (non-hydrogen) atoms. The van der Waals surface area contributed by atoms with Gasteiger partial charge in [0, 0.05) is 16.8 Å². The number of hydrogen-bond acceptors (Lipinski definition) is 3. The molecule has 0 amide bonds. The highest BCUT2D eigenvalue weighted by atomic mass is 32.1. The van der Waals surface area contributed by atoms with Gasteiger partial charge in [0.15, 0.2) is 0 Å². The van der Waals surface area contributed by atoms with Crippen LogP contribution in [0.5, 0.6) is 0 Å². The Labute approximate surface area is 82.4 Å². The molecule has 2 unspecified atom stereocenters. The van der Waals surface area contributed by atoms with Gasteiger partial charge in [-0.15, -0.1) is 11.3 Å². The van der Waals surface area contributed by atoms with Crippen LogP contribution in [-0.4, -0.2) is 18.3 Å². The third-order valence-corrected chi connectivity index (χ3v) is 3.94. The summed E-state index contributed by atoms with van der Waals surface area (Å²) in [5.74, 6) is 0.507. The number of rotatable bonds is 3. The molecule has 2 rings (SSSR count). The number of aliphatic hydroxyl groups is 1. The minimum absolute atomic E-state index is 0.00745. The van der Waals surface area contributed by atoms with E-state index in [-0.39, 0.29) is 12.0 Å². The van der Waals surface area contributed by atoms with E-state index < -0.39 is 0 Å². The number of aliphatic hydroxyl groups excluding tert-OH is 1. The van der Waals surface area contributed by atoms with E-state index in [0.717, 1.165) is 6.42 Å². The Morgan fingerprint density at radius 3 is 2.92 bits per heavy atom. The van der Waals surface area contributed by atoms with Crippen LogP contribution in [0.15, 0.2) is 11.4 Å². The molecule has 0 saturated heterocycles. The standard InChI is InChI=1S/C10H15NOS/c1-7-2-8(4-13-7)9-3-10(9,5-11)6-12/h2,4,9,12H,3,5-6,11H2,1H3. The van der Waals surface area contributed by atoms with Gasteiger partial charge in [-0.3, -0.25) is 0 Å². The van der Waals surface area contributed by atoms with Gasteiger partial charge in [0.1, 0.15) is 0 Å². The van der Waals surface area contributed by atoms with Gasteiger partial charge >= 0.3 is 0 Å². The summed E-state index contributed by atoms with van der Waals surface area (Å²) in [6, 6.07) is 2.21. The van der Waals surface area contributed by atoms with Crippen molar-refractivity contribution in [2.75, 3.05) is 13.2 Å². The van der Waals surface area contributed by atoms with Crippen molar-refractivity contribution in [1.82, 2.24) is 0 Å². The summed E-state index contributed by atoms with van der Waals surface area (Å²) in [4.78, 5) is 1.34. The molecule has 1 aliphatic rings. The predicted octanol–water partition coefficient (Wildman–Crippen LogP) is 1.48. The van der Waals surface area contributed by atoms with Crippen LogP contribution in [0.4, 0.5) is 0 Å². The number of aryl methyl sites for hydroxylation is 1. The molecule has 2 nitrogen and oxygen atoms in total. The van der Waals surface area contributed by atoms with Crippen LogP contribution in [-0.2, 0) is 0 Å². The minimum atomic E-state index is 0.00745. The highest BCUT2D eigenvalue weighted by molar-refractivity contribution is 7.10. The van der Waals surface area contributed by atoms with E-state index >= 15 is 0 Å². The molecule has 0 bridgehead atoms. The van der Waals surface area contributed by atoms with E-state index in [4.69, 9.17) is 5.73 Å². The van der Waals surface area contributed by atoms with Crippen LogP contribution in [0.3, 0.4) is 0 Å². The van der Waals surface area contributed by atoms with E-state index in [1.54, 1.807) is 11.3 Å². The average molecular weight is 197 g/mol. The van der Waals surface area contributed by atoms with Crippen molar-refractivity contribution < 1.29 is 5.11 Å². The van der Waals surface area contributed by atoms with Crippen molar-refractivity contribution >= 4 is 11.3 Å². The SMILES string of the molecule is Cc1cc(C2CC2(CN)CO)cs1. The maximum Gasteiger partial charge on any atom is 0.0505 e. The zero-order valence-electron chi connectivity index (χ0n) is 7.79. The normalized spacial score (nSPS) is 32.1. The third-order valence-electron chi connectivity index (χ3n) is 3.06. The van der Waals surface area contributed by atoms with Gasteiger partial charge in [-0.2, -0.15) is 0 Å². The Morgan fingerprint density at radius 1 is 1.77 bits per heavy atom.